The number of aryl methyl sites for hydroxylation is 3. The summed E-state index contributed by atoms with van der Waals surface area (Å²) >= 11 is 0. The summed E-state index contributed by atoms with van der Waals surface area (Å²) in [6, 6.07) is 10.9. The van der Waals surface area contributed by atoms with Crippen molar-refractivity contribution in [1.82, 2.24) is 9.62 Å². The lowest BCUT2D eigenvalue weighted by atomic mass is 9.97. The van der Waals surface area contributed by atoms with Crippen molar-refractivity contribution in [3.05, 3.63) is 58.7 Å². The maximum absolute atomic E-state index is 12.6. The largest absolute Gasteiger partial charge is 0.496 e. The summed E-state index contributed by atoms with van der Waals surface area (Å²) < 4.78 is 31.4. The Hall–Kier alpha value is -2.38. The van der Waals surface area contributed by atoms with Crippen molar-refractivity contribution in [3.63, 3.8) is 0 Å². The van der Waals surface area contributed by atoms with Gasteiger partial charge in [0.05, 0.1) is 18.0 Å². The van der Waals surface area contributed by atoms with Gasteiger partial charge in [-0.15, -0.1) is 0 Å². The minimum absolute atomic E-state index is 0.0551. The highest BCUT2D eigenvalue weighted by Crippen LogP contribution is 2.26. The van der Waals surface area contributed by atoms with E-state index in [1.165, 1.54) is 37.1 Å². The van der Waals surface area contributed by atoms with Gasteiger partial charge in [-0.2, -0.15) is 0 Å². The van der Waals surface area contributed by atoms with Crippen molar-refractivity contribution in [1.29, 1.82) is 0 Å². The average molecular weight is 433 g/mol. The zero-order valence-corrected chi connectivity index (χ0v) is 19.5. The standard InChI is InChI=1S/C23H32N2O4S/c1-7-21(20-11-8-16(2)14-17(20)3)24-23(26)13-9-18-15-19(10-12-22(18)29-6)30(27,28)25(4)5/h8,10-12,14-15,21H,7,9,13H2,1-6H3,(H,24,26)/t21-/m1/s1. The van der Waals surface area contributed by atoms with Crippen LogP contribution in [0.3, 0.4) is 0 Å². The normalized spacial score (nSPS) is 12.6. The minimum atomic E-state index is -3.55. The van der Waals surface area contributed by atoms with Gasteiger partial charge in [-0.25, -0.2) is 12.7 Å². The molecule has 2 aromatic rings. The van der Waals surface area contributed by atoms with E-state index in [0.29, 0.717) is 17.7 Å². The number of benzene rings is 2. The van der Waals surface area contributed by atoms with Crippen LogP contribution < -0.4 is 10.1 Å². The second kappa shape index (κ2) is 10.1. The van der Waals surface area contributed by atoms with Crippen LogP contribution in [0.25, 0.3) is 0 Å². The van der Waals surface area contributed by atoms with E-state index in [9.17, 15) is 13.2 Å². The molecule has 7 heteroatoms. The Morgan fingerprint density at radius 1 is 1.13 bits per heavy atom. The molecule has 0 aliphatic heterocycles. The van der Waals surface area contributed by atoms with Gasteiger partial charge in [0.1, 0.15) is 5.75 Å². The van der Waals surface area contributed by atoms with E-state index in [1.54, 1.807) is 12.1 Å². The second-order valence-electron chi connectivity index (χ2n) is 7.65. The fourth-order valence-electron chi connectivity index (χ4n) is 3.45. The third-order valence-electron chi connectivity index (χ3n) is 5.20. The van der Waals surface area contributed by atoms with Gasteiger partial charge in [0.25, 0.3) is 0 Å². The molecule has 0 radical (unpaired) electrons. The second-order valence-corrected chi connectivity index (χ2v) is 9.80. The summed E-state index contributed by atoms with van der Waals surface area (Å²) in [6.45, 7) is 6.15. The van der Waals surface area contributed by atoms with Crippen LogP contribution in [0, 0.1) is 13.8 Å². The van der Waals surface area contributed by atoms with Crippen molar-refractivity contribution in [3.8, 4) is 5.75 Å². The molecular weight excluding hydrogens is 400 g/mol. The third kappa shape index (κ3) is 5.61. The molecule has 1 atom stereocenters. The van der Waals surface area contributed by atoms with E-state index in [-0.39, 0.29) is 23.3 Å². The third-order valence-corrected chi connectivity index (χ3v) is 7.01. The molecule has 0 bridgehead atoms. The molecular formula is C23H32N2O4S. The van der Waals surface area contributed by atoms with Crippen LogP contribution in [0.2, 0.25) is 0 Å². The molecule has 0 spiro atoms. The fraction of sp³-hybridized carbons (Fsp3) is 0.435. The number of sulfonamides is 1. The zero-order chi connectivity index (χ0) is 22.5. The van der Waals surface area contributed by atoms with Gasteiger partial charge in [-0.3, -0.25) is 4.79 Å². The summed E-state index contributed by atoms with van der Waals surface area (Å²) in [5.41, 5.74) is 4.16. The number of nitrogens with one attached hydrogen (secondary N) is 1. The lowest BCUT2D eigenvalue weighted by Crippen LogP contribution is -2.29. The molecule has 164 valence electrons. The summed E-state index contributed by atoms with van der Waals surface area (Å²) in [7, 11) is 0.962. The van der Waals surface area contributed by atoms with E-state index in [2.05, 4.69) is 30.4 Å². The first-order valence-electron chi connectivity index (χ1n) is 10.1. The number of rotatable bonds is 9. The van der Waals surface area contributed by atoms with Crippen LogP contribution >= 0.6 is 0 Å². The number of hydrogen-bond donors (Lipinski definition) is 1. The Bertz CT molecular complexity index is 1000. The Morgan fingerprint density at radius 3 is 2.40 bits per heavy atom. The predicted molar refractivity (Wildman–Crippen MR) is 119 cm³/mol. The van der Waals surface area contributed by atoms with Gasteiger partial charge in [0.2, 0.25) is 15.9 Å². The topological polar surface area (TPSA) is 75.7 Å². The molecule has 0 saturated heterocycles. The fourth-order valence-corrected chi connectivity index (χ4v) is 4.41. The Morgan fingerprint density at radius 2 is 1.83 bits per heavy atom. The molecule has 0 fully saturated rings. The molecule has 2 aromatic carbocycles. The highest BCUT2D eigenvalue weighted by atomic mass is 32.2. The molecule has 0 aliphatic carbocycles. The number of methoxy groups -OCH3 is 1. The molecule has 30 heavy (non-hydrogen) atoms. The van der Waals surface area contributed by atoms with Gasteiger partial charge in [0, 0.05) is 20.5 Å². The lowest BCUT2D eigenvalue weighted by molar-refractivity contribution is -0.121. The van der Waals surface area contributed by atoms with Gasteiger partial charge in [0.15, 0.2) is 0 Å². The molecule has 0 unspecified atom stereocenters. The number of ether oxygens (including phenoxy) is 1. The number of carbonyl (C=O) groups is 1. The lowest BCUT2D eigenvalue weighted by Gasteiger charge is -2.20. The van der Waals surface area contributed by atoms with Crippen LogP contribution in [0.1, 0.15) is 48.1 Å². The molecule has 0 aromatic heterocycles. The maximum atomic E-state index is 12.6. The first-order valence-corrected chi connectivity index (χ1v) is 11.5. The van der Waals surface area contributed by atoms with Crippen molar-refractivity contribution in [2.75, 3.05) is 21.2 Å². The van der Waals surface area contributed by atoms with E-state index in [0.717, 1.165) is 17.5 Å². The summed E-state index contributed by atoms with van der Waals surface area (Å²) in [5, 5.41) is 3.11. The van der Waals surface area contributed by atoms with Crippen molar-refractivity contribution in [2.24, 2.45) is 0 Å². The van der Waals surface area contributed by atoms with Crippen LogP contribution in [-0.2, 0) is 21.2 Å². The quantitative estimate of drug-likeness (QED) is 0.655. The van der Waals surface area contributed by atoms with Crippen molar-refractivity contribution in [2.45, 2.75) is 51.0 Å². The number of carbonyl (C=O) groups excluding carboxylic acids is 1. The van der Waals surface area contributed by atoms with Crippen LogP contribution in [0.15, 0.2) is 41.3 Å². The Balaban J connectivity index is 2.14. The summed E-state index contributed by atoms with van der Waals surface area (Å²) in [4.78, 5) is 12.8. The monoisotopic (exact) mass is 432 g/mol. The molecule has 6 nitrogen and oxygen atoms in total. The molecule has 0 saturated carbocycles. The molecule has 2 rings (SSSR count). The molecule has 0 aliphatic rings. The Kier molecular flexibility index (Phi) is 8.03. The van der Waals surface area contributed by atoms with Gasteiger partial charge in [-0.1, -0.05) is 30.7 Å². The van der Waals surface area contributed by atoms with Crippen LogP contribution in [-0.4, -0.2) is 39.8 Å². The first-order chi connectivity index (χ1) is 14.1. The SMILES string of the molecule is CC[C@@H](NC(=O)CCc1cc(S(=O)(=O)N(C)C)ccc1OC)c1ccc(C)cc1C. The van der Waals surface area contributed by atoms with Crippen LogP contribution in [0.5, 0.6) is 5.75 Å². The maximum Gasteiger partial charge on any atom is 0.242 e. The smallest absolute Gasteiger partial charge is 0.242 e. The summed E-state index contributed by atoms with van der Waals surface area (Å²) in [6.07, 6.45) is 1.41. The van der Waals surface area contributed by atoms with E-state index < -0.39 is 10.0 Å². The number of amides is 1. The number of nitrogens with zero attached hydrogens (tertiary/aromatic N) is 1. The van der Waals surface area contributed by atoms with Crippen molar-refractivity contribution >= 4 is 15.9 Å². The number of hydrogen-bond acceptors (Lipinski definition) is 4. The summed E-state index contributed by atoms with van der Waals surface area (Å²) in [5.74, 6) is 0.492. The van der Waals surface area contributed by atoms with E-state index >= 15 is 0 Å². The Labute approximate surface area is 180 Å². The zero-order valence-electron chi connectivity index (χ0n) is 18.7. The first kappa shape index (κ1) is 23.9. The minimum Gasteiger partial charge on any atom is -0.496 e. The predicted octanol–water partition coefficient (Wildman–Crippen LogP) is 3.76. The van der Waals surface area contributed by atoms with Gasteiger partial charge >= 0.3 is 0 Å². The van der Waals surface area contributed by atoms with Gasteiger partial charge < -0.3 is 10.1 Å². The molecule has 1 N–H and O–H groups in total. The van der Waals surface area contributed by atoms with Gasteiger partial charge in [-0.05, 0) is 61.6 Å². The molecule has 0 heterocycles. The molecule has 1 amide bonds. The highest BCUT2D eigenvalue weighted by Gasteiger charge is 2.20. The van der Waals surface area contributed by atoms with Crippen molar-refractivity contribution < 1.29 is 17.9 Å². The van der Waals surface area contributed by atoms with E-state index in [4.69, 9.17) is 4.74 Å². The van der Waals surface area contributed by atoms with E-state index in [1.807, 2.05) is 13.8 Å². The highest BCUT2D eigenvalue weighted by molar-refractivity contribution is 7.89. The average Bonchev–Trinajstić information content (AvgIpc) is 2.70. The van der Waals surface area contributed by atoms with Crippen LogP contribution in [0.4, 0.5) is 0 Å².